The molecule has 0 saturated carbocycles. The van der Waals surface area contributed by atoms with Crippen molar-refractivity contribution in [3.8, 4) is 0 Å². The Balaban J connectivity index is 2.51. The molecule has 1 aromatic carbocycles. The van der Waals surface area contributed by atoms with Gasteiger partial charge in [-0.25, -0.2) is 4.79 Å². The van der Waals surface area contributed by atoms with E-state index in [-0.39, 0.29) is 6.09 Å². The van der Waals surface area contributed by atoms with E-state index in [0.717, 1.165) is 22.0 Å². The third-order valence-electron chi connectivity index (χ3n) is 2.75. The van der Waals surface area contributed by atoms with Gasteiger partial charge in [0.25, 0.3) is 0 Å². The Labute approximate surface area is 107 Å². The molecule has 3 nitrogen and oxygen atoms in total. The summed E-state index contributed by atoms with van der Waals surface area (Å²) in [5.41, 5.74) is 2.63. The topological polar surface area (TPSA) is 31.2 Å². The van der Waals surface area contributed by atoms with E-state index < -0.39 is 5.60 Å². The van der Waals surface area contributed by atoms with Gasteiger partial charge in [0.05, 0.1) is 5.52 Å². The van der Waals surface area contributed by atoms with Gasteiger partial charge in [-0.15, -0.1) is 0 Å². The van der Waals surface area contributed by atoms with Gasteiger partial charge in [0.15, 0.2) is 0 Å². The van der Waals surface area contributed by atoms with Crippen LogP contribution in [0.15, 0.2) is 24.4 Å². The average Bonchev–Trinajstić information content (AvgIpc) is 2.53. The molecule has 0 aliphatic heterocycles. The lowest BCUT2D eigenvalue weighted by atomic mass is 10.1. The Morgan fingerprint density at radius 1 is 1.22 bits per heavy atom. The van der Waals surface area contributed by atoms with Crippen molar-refractivity contribution in [3.63, 3.8) is 0 Å². The molecule has 18 heavy (non-hydrogen) atoms. The predicted molar refractivity (Wildman–Crippen MR) is 73.0 cm³/mol. The number of fused-ring (bicyclic) bond motifs is 1. The lowest BCUT2D eigenvalue weighted by molar-refractivity contribution is 0.0544. The van der Waals surface area contributed by atoms with Gasteiger partial charge >= 0.3 is 6.09 Å². The summed E-state index contributed by atoms with van der Waals surface area (Å²) >= 11 is 0. The van der Waals surface area contributed by atoms with Crippen molar-refractivity contribution in [3.05, 3.63) is 35.5 Å². The van der Waals surface area contributed by atoms with Crippen molar-refractivity contribution in [1.29, 1.82) is 0 Å². The molecule has 0 aliphatic rings. The van der Waals surface area contributed by atoms with Gasteiger partial charge in [-0.2, -0.15) is 0 Å². The molecule has 0 radical (unpaired) electrons. The van der Waals surface area contributed by atoms with Crippen LogP contribution >= 0.6 is 0 Å². The van der Waals surface area contributed by atoms with Crippen LogP contribution in [0, 0.1) is 13.8 Å². The number of hydrogen-bond donors (Lipinski definition) is 0. The highest BCUT2D eigenvalue weighted by Gasteiger charge is 2.19. The number of rotatable bonds is 0. The molecular formula is C15H19NO2. The minimum Gasteiger partial charge on any atom is -0.443 e. The molecule has 0 saturated heterocycles. The number of aryl methyl sites for hydroxylation is 2. The molecule has 0 spiro atoms. The monoisotopic (exact) mass is 245 g/mol. The van der Waals surface area contributed by atoms with Crippen molar-refractivity contribution in [2.75, 3.05) is 0 Å². The van der Waals surface area contributed by atoms with Crippen LogP contribution in [0.4, 0.5) is 4.79 Å². The SMILES string of the molecule is Cc1ccc2c(C)cn(C(=O)OC(C)(C)C)c2c1. The van der Waals surface area contributed by atoms with Gasteiger partial charge in [-0.3, -0.25) is 4.57 Å². The predicted octanol–water partition coefficient (Wildman–Crippen LogP) is 4.04. The van der Waals surface area contributed by atoms with Gasteiger partial charge in [-0.05, 0) is 51.8 Å². The summed E-state index contributed by atoms with van der Waals surface area (Å²) in [5.74, 6) is 0. The smallest absolute Gasteiger partial charge is 0.419 e. The first-order valence-corrected chi connectivity index (χ1v) is 6.09. The molecule has 0 fully saturated rings. The summed E-state index contributed by atoms with van der Waals surface area (Å²) in [6.07, 6.45) is 1.50. The van der Waals surface area contributed by atoms with E-state index in [1.807, 2.05) is 52.9 Å². The molecule has 0 aliphatic carbocycles. The Morgan fingerprint density at radius 3 is 2.50 bits per heavy atom. The van der Waals surface area contributed by atoms with E-state index in [1.54, 1.807) is 4.57 Å². The Hall–Kier alpha value is -1.77. The minimum atomic E-state index is -0.481. The van der Waals surface area contributed by atoms with Crippen molar-refractivity contribution in [2.45, 2.75) is 40.2 Å². The highest BCUT2D eigenvalue weighted by Crippen LogP contribution is 2.23. The standard InChI is InChI=1S/C15H19NO2/c1-10-6-7-12-11(2)9-16(13(12)8-10)14(17)18-15(3,4)5/h6-9H,1-5H3. The third-order valence-corrected chi connectivity index (χ3v) is 2.75. The quantitative estimate of drug-likeness (QED) is 0.701. The summed E-state index contributed by atoms with van der Waals surface area (Å²) in [5, 5.41) is 1.09. The maximum absolute atomic E-state index is 12.1. The van der Waals surface area contributed by atoms with E-state index in [2.05, 4.69) is 6.07 Å². The maximum atomic E-state index is 12.1. The molecule has 2 rings (SSSR count). The van der Waals surface area contributed by atoms with Crippen LogP contribution in [0.2, 0.25) is 0 Å². The number of aromatic nitrogens is 1. The van der Waals surface area contributed by atoms with Crippen molar-refractivity contribution < 1.29 is 9.53 Å². The van der Waals surface area contributed by atoms with Crippen LogP contribution in [0.25, 0.3) is 10.9 Å². The first kappa shape index (κ1) is 12.7. The second-order valence-corrected chi connectivity index (χ2v) is 5.68. The molecule has 0 N–H and O–H groups in total. The molecular weight excluding hydrogens is 226 g/mol. The van der Waals surface area contributed by atoms with Crippen LogP contribution in [-0.4, -0.2) is 16.3 Å². The second-order valence-electron chi connectivity index (χ2n) is 5.68. The first-order valence-electron chi connectivity index (χ1n) is 6.09. The number of benzene rings is 1. The van der Waals surface area contributed by atoms with E-state index in [1.165, 1.54) is 0 Å². The summed E-state index contributed by atoms with van der Waals surface area (Å²) in [7, 11) is 0. The van der Waals surface area contributed by atoms with Gasteiger partial charge in [-0.1, -0.05) is 12.1 Å². The second kappa shape index (κ2) is 4.16. The van der Waals surface area contributed by atoms with Crippen LogP contribution in [0.1, 0.15) is 31.9 Å². The number of hydrogen-bond acceptors (Lipinski definition) is 2. The number of carbonyl (C=O) groups is 1. The first-order chi connectivity index (χ1) is 8.28. The molecule has 0 unspecified atom stereocenters. The zero-order chi connectivity index (χ0) is 13.5. The fourth-order valence-electron chi connectivity index (χ4n) is 1.97. The maximum Gasteiger partial charge on any atom is 0.419 e. The van der Waals surface area contributed by atoms with E-state index in [0.29, 0.717) is 0 Å². The largest absolute Gasteiger partial charge is 0.443 e. The molecule has 0 atom stereocenters. The van der Waals surface area contributed by atoms with Crippen molar-refractivity contribution in [2.24, 2.45) is 0 Å². The van der Waals surface area contributed by atoms with Gasteiger partial charge in [0.1, 0.15) is 5.60 Å². The summed E-state index contributed by atoms with van der Waals surface area (Å²) in [6.45, 7) is 9.62. The lowest BCUT2D eigenvalue weighted by Gasteiger charge is -2.19. The average molecular weight is 245 g/mol. The Morgan fingerprint density at radius 2 is 1.89 bits per heavy atom. The number of carbonyl (C=O) groups excluding carboxylic acids is 1. The van der Waals surface area contributed by atoms with Gasteiger partial charge < -0.3 is 4.74 Å². The van der Waals surface area contributed by atoms with E-state index in [9.17, 15) is 4.79 Å². The lowest BCUT2D eigenvalue weighted by Crippen LogP contribution is -2.26. The van der Waals surface area contributed by atoms with Crippen molar-refractivity contribution >= 4 is 17.0 Å². The zero-order valence-electron chi connectivity index (χ0n) is 11.6. The number of nitrogens with zero attached hydrogens (tertiary/aromatic N) is 1. The van der Waals surface area contributed by atoms with E-state index in [4.69, 9.17) is 4.74 Å². The molecule has 1 aromatic heterocycles. The normalized spacial score (nSPS) is 11.8. The Kier molecular flexibility index (Phi) is 2.93. The summed E-state index contributed by atoms with van der Waals surface area (Å²) in [4.78, 5) is 12.1. The third kappa shape index (κ3) is 2.40. The molecule has 3 heteroatoms. The molecule has 96 valence electrons. The van der Waals surface area contributed by atoms with Gasteiger partial charge in [0, 0.05) is 11.6 Å². The Bertz CT molecular complexity index is 603. The fraction of sp³-hybridized carbons (Fsp3) is 0.400. The van der Waals surface area contributed by atoms with Crippen LogP contribution in [-0.2, 0) is 4.74 Å². The fourth-order valence-corrected chi connectivity index (χ4v) is 1.97. The summed E-state index contributed by atoms with van der Waals surface area (Å²) in [6, 6.07) is 6.10. The molecule has 0 amide bonds. The van der Waals surface area contributed by atoms with Crippen LogP contribution in [0.3, 0.4) is 0 Å². The van der Waals surface area contributed by atoms with Crippen molar-refractivity contribution in [1.82, 2.24) is 4.57 Å². The summed E-state index contributed by atoms with van der Waals surface area (Å²) < 4.78 is 7.00. The highest BCUT2D eigenvalue weighted by molar-refractivity contribution is 5.92. The minimum absolute atomic E-state index is 0.328. The zero-order valence-corrected chi connectivity index (χ0v) is 11.6. The van der Waals surface area contributed by atoms with Crippen LogP contribution in [0.5, 0.6) is 0 Å². The van der Waals surface area contributed by atoms with Crippen LogP contribution < -0.4 is 0 Å². The van der Waals surface area contributed by atoms with Gasteiger partial charge in [0.2, 0.25) is 0 Å². The molecule has 1 heterocycles. The highest BCUT2D eigenvalue weighted by atomic mass is 16.6. The molecule has 0 bridgehead atoms. The van der Waals surface area contributed by atoms with E-state index >= 15 is 0 Å². The number of ether oxygens (including phenoxy) is 1. The molecule has 2 aromatic rings.